The van der Waals surface area contributed by atoms with E-state index in [4.69, 9.17) is 0 Å². The summed E-state index contributed by atoms with van der Waals surface area (Å²) in [6.07, 6.45) is 1.50. The van der Waals surface area contributed by atoms with Crippen LogP contribution in [0.4, 0.5) is 0 Å². The molecule has 0 aliphatic rings. The van der Waals surface area contributed by atoms with Crippen molar-refractivity contribution < 1.29 is 13.2 Å². The van der Waals surface area contributed by atoms with Gasteiger partial charge in [-0.1, -0.05) is 24.3 Å². The predicted molar refractivity (Wildman–Crippen MR) is 84.6 cm³/mol. The standard InChI is InChI=1S/C15H24N2O3S/c1-12(2)17(21(4,19)20)10-9-16-15(18)11-14-8-6-5-7-13(14)3/h5-8,12H,9-11H2,1-4H3,(H,16,18). The van der Waals surface area contributed by atoms with Crippen molar-refractivity contribution in [1.29, 1.82) is 0 Å². The van der Waals surface area contributed by atoms with Gasteiger partial charge in [-0.15, -0.1) is 0 Å². The van der Waals surface area contributed by atoms with E-state index in [1.54, 1.807) is 0 Å². The molecule has 0 radical (unpaired) electrons. The molecule has 118 valence electrons. The maximum Gasteiger partial charge on any atom is 0.224 e. The first kappa shape index (κ1) is 17.7. The van der Waals surface area contributed by atoms with Gasteiger partial charge in [0, 0.05) is 19.1 Å². The van der Waals surface area contributed by atoms with E-state index in [1.807, 2.05) is 45.0 Å². The number of amides is 1. The number of nitrogens with zero attached hydrogens (tertiary/aromatic N) is 1. The largest absolute Gasteiger partial charge is 0.354 e. The van der Waals surface area contributed by atoms with E-state index in [1.165, 1.54) is 10.6 Å². The third-order valence-electron chi connectivity index (χ3n) is 3.27. The van der Waals surface area contributed by atoms with Crippen molar-refractivity contribution in [3.8, 4) is 0 Å². The molecular weight excluding hydrogens is 288 g/mol. The van der Waals surface area contributed by atoms with Crippen molar-refractivity contribution >= 4 is 15.9 Å². The first-order valence-electron chi connectivity index (χ1n) is 7.00. The average Bonchev–Trinajstić information content (AvgIpc) is 2.35. The minimum absolute atomic E-state index is 0.0958. The van der Waals surface area contributed by atoms with Crippen LogP contribution in [0.15, 0.2) is 24.3 Å². The van der Waals surface area contributed by atoms with Crippen LogP contribution in [-0.2, 0) is 21.2 Å². The van der Waals surface area contributed by atoms with E-state index < -0.39 is 10.0 Å². The highest BCUT2D eigenvalue weighted by molar-refractivity contribution is 7.88. The lowest BCUT2D eigenvalue weighted by atomic mass is 10.1. The van der Waals surface area contributed by atoms with Crippen molar-refractivity contribution in [3.63, 3.8) is 0 Å². The number of sulfonamides is 1. The van der Waals surface area contributed by atoms with Crippen molar-refractivity contribution in [1.82, 2.24) is 9.62 Å². The van der Waals surface area contributed by atoms with Crippen LogP contribution < -0.4 is 5.32 Å². The van der Waals surface area contributed by atoms with Crippen LogP contribution in [0.5, 0.6) is 0 Å². The zero-order valence-corrected chi connectivity index (χ0v) is 13.9. The lowest BCUT2D eigenvalue weighted by Gasteiger charge is -2.23. The van der Waals surface area contributed by atoms with Crippen molar-refractivity contribution in [3.05, 3.63) is 35.4 Å². The molecule has 1 N–H and O–H groups in total. The molecule has 5 nitrogen and oxygen atoms in total. The van der Waals surface area contributed by atoms with Gasteiger partial charge in [0.1, 0.15) is 0 Å². The fraction of sp³-hybridized carbons (Fsp3) is 0.533. The highest BCUT2D eigenvalue weighted by atomic mass is 32.2. The number of carbonyl (C=O) groups is 1. The average molecular weight is 312 g/mol. The van der Waals surface area contributed by atoms with Gasteiger partial charge in [-0.3, -0.25) is 4.79 Å². The minimum atomic E-state index is -3.25. The molecule has 1 aromatic carbocycles. The topological polar surface area (TPSA) is 66.5 Å². The lowest BCUT2D eigenvalue weighted by Crippen LogP contribution is -2.42. The van der Waals surface area contributed by atoms with Gasteiger partial charge >= 0.3 is 0 Å². The van der Waals surface area contributed by atoms with Gasteiger partial charge in [-0.05, 0) is 31.9 Å². The molecule has 0 aliphatic heterocycles. The minimum Gasteiger partial charge on any atom is -0.354 e. The Morgan fingerprint density at radius 2 is 1.90 bits per heavy atom. The van der Waals surface area contributed by atoms with Gasteiger partial charge in [0.05, 0.1) is 12.7 Å². The summed E-state index contributed by atoms with van der Waals surface area (Å²) in [5, 5.41) is 2.77. The summed E-state index contributed by atoms with van der Waals surface area (Å²) < 4.78 is 24.6. The molecule has 0 spiro atoms. The van der Waals surface area contributed by atoms with Crippen molar-refractivity contribution in [2.45, 2.75) is 33.2 Å². The summed E-state index contributed by atoms with van der Waals surface area (Å²) in [6, 6.07) is 7.61. The quantitative estimate of drug-likeness (QED) is 0.826. The van der Waals surface area contributed by atoms with Crippen LogP contribution in [0.1, 0.15) is 25.0 Å². The number of hydrogen-bond acceptors (Lipinski definition) is 3. The summed E-state index contributed by atoms with van der Waals surface area (Å²) in [5.74, 6) is -0.0958. The highest BCUT2D eigenvalue weighted by Gasteiger charge is 2.19. The third-order valence-corrected chi connectivity index (χ3v) is 4.72. The summed E-state index contributed by atoms with van der Waals surface area (Å²) in [7, 11) is -3.25. The molecule has 0 saturated heterocycles. The number of hydrogen-bond donors (Lipinski definition) is 1. The van der Waals surface area contributed by atoms with E-state index in [2.05, 4.69) is 5.32 Å². The molecule has 1 rings (SSSR count). The molecule has 0 bridgehead atoms. The van der Waals surface area contributed by atoms with Gasteiger partial charge in [-0.2, -0.15) is 4.31 Å². The zero-order chi connectivity index (χ0) is 16.0. The predicted octanol–water partition coefficient (Wildman–Crippen LogP) is 1.32. The molecule has 0 aromatic heterocycles. The summed E-state index contributed by atoms with van der Waals surface area (Å²) in [4.78, 5) is 11.9. The molecular formula is C15H24N2O3S. The molecule has 0 fully saturated rings. The normalized spacial score (nSPS) is 11.9. The second-order valence-corrected chi connectivity index (χ2v) is 7.36. The summed E-state index contributed by atoms with van der Waals surface area (Å²) in [6.45, 7) is 6.20. The monoisotopic (exact) mass is 312 g/mol. The Bertz CT molecular complexity index is 582. The van der Waals surface area contributed by atoms with Gasteiger partial charge in [0.15, 0.2) is 0 Å². The number of rotatable bonds is 7. The number of carbonyl (C=O) groups excluding carboxylic acids is 1. The van der Waals surface area contributed by atoms with Crippen LogP contribution in [0.2, 0.25) is 0 Å². The second kappa shape index (κ2) is 7.56. The Hall–Kier alpha value is -1.40. The Morgan fingerprint density at radius 3 is 2.43 bits per heavy atom. The fourth-order valence-electron chi connectivity index (χ4n) is 2.16. The lowest BCUT2D eigenvalue weighted by molar-refractivity contribution is -0.120. The van der Waals surface area contributed by atoms with E-state index in [0.717, 1.165) is 11.1 Å². The van der Waals surface area contributed by atoms with Crippen molar-refractivity contribution in [2.24, 2.45) is 0 Å². The van der Waals surface area contributed by atoms with Crippen LogP contribution in [0.3, 0.4) is 0 Å². The van der Waals surface area contributed by atoms with Gasteiger partial charge in [-0.25, -0.2) is 8.42 Å². The number of nitrogens with one attached hydrogen (secondary N) is 1. The Kier molecular flexibility index (Phi) is 6.36. The molecule has 1 aromatic rings. The number of benzene rings is 1. The first-order valence-corrected chi connectivity index (χ1v) is 8.84. The van der Waals surface area contributed by atoms with E-state index >= 15 is 0 Å². The molecule has 1 amide bonds. The molecule has 21 heavy (non-hydrogen) atoms. The molecule has 6 heteroatoms. The van der Waals surface area contributed by atoms with E-state index in [9.17, 15) is 13.2 Å². The zero-order valence-electron chi connectivity index (χ0n) is 13.1. The SMILES string of the molecule is Cc1ccccc1CC(=O)NCCN(C(C)C)S(C)(=O)=O. The molecule has 0 heterocycles. The van der Waals surface area contributed by atoms with E-state index in [0.29, 0.717) is 13.0 Å². The highest BCUT2D eigenvalue weighted by Crippen LogP contribution is 2.07. The van der Waals surface area contributed by atoms with Gasteiger partial charge < -0.3 is 5.32 Å². The molecule has 0 saturated carbocycles. The van der Waals surface area contributed by atoms with Crippen LogP contribution in [-0.4, -0.2) is 44.0 Å². The second-order valence-electron chi connectivity index (χ2n) is 5.42. The molecule has 0 atom stereocenters. The Labute approximate surface area is 127 Å². The first-order chi connectivity index (χ1) is 9.71. The van der Waals surface area contributed by atoms with Gasteiger partial charge in [0.25, 0.3) is 0 Å². The molecule has 0 aliphatic carbocycles. The van der Waals surface area contributed by atoms with Crippen LogP contribution in [0, 0.1) is 6.92 Å². The van der Waals surface area contributed by atoms with Gasteiger partial charge in [0.2, 0.25) is 15.9 Å². The maximum atomic E-state index is 11.9. The van der Waals surface area contributed by atoms with Crippen LogP contribution in [0.25, 0.3) is 0 Å². The summed E-state index contributed by atoms with van der Waals surface area (Å²) in [5.41, 5.74) is 2.06. The Balaban J connectivity index is 2.49. The fourth-order valence-corrected chi connectivity index (χ4v) is 3.35. The van der Waals surface area contributed by atoms with Crippen LogP contribution >= 0.6 is 0 Å². The number of aryl methyl sites for hydroxylation is 1. The Morgan fingerprint density at radius 1 is 1.29 bits per heavy atom. The van der Waals surface area contributed by atoms with Crippen molar-refractivity contribution in [2.75, 3.05) is 19.3 Å². The summed E-state index contributed by atoms with van der Waals surface area (Å²) >= 11 is 0. The maximum absolute atomic E-state index is 11.9. The smallest absolute Gasteiger partial charge is 0.224 e. The van der Waals surface area contributed by atoms with E-state index in [-0.39, 0.29) is 18.5 Å². The third kappa shape index (κ3) is 5.85. The molecule has 0 unspecified atom stereocenters.